The molecule has 1 aliphatic heterocycles. The number of nitrogens with zero attached hydrogens (tertiary/aromatic N) is 6. The number of carbonyl (C=O) groups excluding carboxylic acids is 1. The van der Waals surface area contributed by atoms with Crippen LogP contribution in [0.4, 0.5) is 0 Å². The topological polar surface area (TPSA) is 114 Å². The zero-order valence-corrected chi connectivity index (χ0v) is 25.5. The number of aromatic hydroxyl groups is 1. The van der Waals surface area contributed by atoms with E-state index in [2.05, 4.69) is 45.6 Å². The fourth-order valence-corrected chi connectivity index (χ4v) is 6.79. The van der Waals surface area contributed by atoms with Gasteiger partial charge in [-0.05, 0) is 56.5 Å². The van der Waals surface area contributed by atoms with E-state index in [0.717, 1.165) is 81.4 Å². The first-order chi connectivity index (χ1) is 20.8. The van der Waals surface area contributed by atoms with Gasteiger partial charge in [0.15, 0.2) is 0 Å². The van der Waals surface area contributed by atoms with Crippen LogP contribution in [0.5, 0.6) is 5.75 Å². The highest BCUT2D eigenvalue weighted by molar-refractivity contribution is 6.03. The van der Waals surface area contributed by atoms with E-state index >= 15 is 0 Å². The first kappa shape index (κ1) is 28.7. The lowest BCUT2D eigenvalue weighted by Gasteiger charge is -2.58. The number of nitrogens with one attached hydrogen (secondary N) is 1. The number of carbonyl (C=O) groups is 1. The van der Waals surface area contributed by atoms with Gasteiger partial charge < -0.3 is 14.7 Å². The lowest BCUT2D eigenvalue weighted by molar-refractivity contribution is -0.149. The Morgan fingerprint density at radius 3 is 2.67 bits per heavy atom. The molecule has 1 aliphatic carbocycles. The molecule has 224 valence electrons. The average molecular weight is 582 g/mol. The van der Waals surface area contributed by atoms with Crippen LogP contribution in [0.15, 0.2) is 49.3 Å². The van der Waals surface area contributed by atoms with Crippen molar-refractivity contribution in [2.24, 2.45) is 5.41 Å². The standard InChI is InChI=1S/C31H33N7O3.C2H6/c1-5-26(39)36-16-31(17-36)12-22(13-31)38-19(3)27(28-23-14-32-33-25(23)10-18(2)30(28)40)29(35-38)20-6-7-24-21(11-20)15-37(34-24)8-9-41-4;1-2/h5-7,10-11,14-15,22,40H,1,8-9,12-13,16-17H2,2-4H3,(H,32,33);1-2H3. The molecular formula is C33H39N7O3. The van der Waals surface area contributed by atoms with Crippen molar-refractivity contribution in [2.75, 3.05) is 26.8 Å². The molecule has 3 aromatic heterocycles. The number of aromatic amines is 1. The van der Waals surface area contributed by atoms with E-state index in [1.165, 1.54) is 6.08 Å². The molecule has 43 heavy (non-hydrogen) atoms. The summed E-state index contributed by atoms with van der Waals surface area (Å²) >= 11 is 0. The van der Waals surface area contributed by atoms with Crippen LogP contribution < -0.4 is 0 Å². The number of benzene rings is 2. The summed E-state index contributed by atoms with van der Waals surface area (Å²) in [4.78, 5) is 13.9. The predicted molar refractivity (Wildman–Crippen MR) is 168 cm³/mol. The summed E-state index contributed by atoms with van der Waals surface area (Å²) in [5.41, 5.74) is 7.11. The smallest absolute Gasteiger partial charge is 0.245 e. The molecule has 7 rings (SSSR count). The maximum absolute atomic E-state index is 12.0. The second kappa shape index (κ2) is 11.0. The largest absolute Gasteiger partial charge is 0.507 e. The zero-order valence-electron chi connectivity index (χ0n) is 25.5. The molecule has 0 unspecified atom stereocenters. The van der Waals surface area contributed by atoms with E-state index in [4.69, 9.17) is 9.84 Å². The number of hydrogen-bond acceptors (Lipinski definition) is 6. The third-order valence-corrected chi connectivity index (χ3v) is 8.88. The Balaban J connectivity index is 0.00000161. The summed E-state index contributed by atoms with van der Waals surface area (Å²) in [7, 11) is 1.69. The number of methoxy groups -OCH3 is 1. The molecule has 4 heterocycles. The van der Waals surface area contributed by atoms with Crippen LogP contribution in [0.1, 0.15) is 44.0 Å². The molecule has 1 spiro atoms. The molecular weight excluding hydrogens is 542 g/mol. The molecule has 10 nitrogen and oxygen atoms in total. The van der Waals surface area contributed by atoms with Crippen molar-refractivity contribution in [3.8, 4) is 28.1 Å². The first-order valence-electron chi connectivity index (χ1n) is 14.9. The van der Waals surface area contributed by atoms with Gasteiger partial charge in [0, 0.05) is 65.0 Å². The molecule has 0 bridgehead atoms. The summed E-state index contributed by atoms with van der Waals surface area (Å²) in [6.07, 6.45) is 7.11. The number of hydrogen-bond donors (Lipinski definition) is 2. The van der Waals surface area contributed by atoms with Gasteiger partial charge in [0.25, 0.3) is 0 Å². The number of H-pyrrole nitrogens is 1. The molecule has 10 heteroatoms. The maximum atomic E-state index is 12.0. The predicted octanol–water partition coefficient (Wildman–Crippen LogP) is 5.79. The molecule has 2 N–H and O–H groups in total. The number of rotatable bonds is 7. The summed E-state index contributed by atoms with van der Waals surface area (Å²) in [5.74, 6) is 0.234. The van der Waals surface area contributed by atoms with Gasteiger partial charge in [0.1, 0.15) is 11.4 Å². The lowest BCUT2D eigenvalue weighted by Crippen LogP contribution is -2.63. The number of phenols is 1. The fourth-order valence-electron chi connectivity index (χ4n) is 6.79. The van der Waals surface area contributed by atoms with Crippen LogP contribution in [0.25, 0.3) is 44.2 Å². The Bertz CT molecular complexity index is 1830. The molecule has 0 atom stereocenters. The second-order valence-corrected chi connectivity index (χ2v) is 11.6. The van der Waals surface area contributed by atoms with E-state index in [1.54, 1.807) is 13.3 Å². The number of aryl methyl sites for hydroxylation is 1. The van der Waals surface area contributed by atoms with Crippen molar-refractivity contribution in [1.29, 1.82) is 0 Å². The Morgan fingerprint density at radius 1 is 1.19 bits per heavy atom. The Kier molecular flexibility index (Phi) is 7.33. The molecule has 1 saturated heterocycles. The molecule has 2 fully saturated rings. The number of ether oxygens (including phenoxy) is 1. The van der Waals surface area contributed by atoms with Crippen LogP contribution in [-0.4, -0.2) is 72.5 Å². The number of amides is 1. The minimum Gasteiger partial charge on any atom is -0.507 e. The van der Waals surface area contributed by atoms with Crippen molar-refractivity contribution in [2.45, 2.75) is 53.1 Å². The van der Waals surface area contributed by atoms with E-state index in [9.17, 15) is 9.90 Å². The minimum atomic E-state index is -0.00102. The molecule has 1 saturated carbocycles. The average Bonchev–Trinajstić information content (AvgIpc) is 3.69. The molecule has 5 aromatic rings. The minimum absolute atomic E-state index is 0.00102. The van der Waals surface area contributed by atoms with Crippen LogP contribution in [-0.2, 0) is 16.1 Å². The van der Waals surface area contributed by atoms with Crippen molar-refractivity contribution >= 4 is 27.7 Å². The van der Waals surface area contributed by atoms with E-state index in [0.29, 0.717) is 13.2 Å². The van der Waals surface area contributed by atoms with Crippen molar-refractivity contribution in [1.82, 2.24) is 34.7 Å². The SMILES string of the molecule is C=CC(=O)N1CC2(CC(n3nc(-c4ccc5nn(CCOC)cc5c4)c(-c4c(O)c(C)cc5[nH]ncc45)c3C)C2)C1.CC. The molecule has 1 amide bonds. The fraction of sp³-hybridized carbons (Fsp3) is 0.394. The highest BCUT2D eigenvalue weighted by atomic mass is 16.5. The number of aromatic nitrogens is 6. The third kappa shape index (κ3) is 4.70. The summed E-state index contributed by atoms with van der Waals surface area (Å²) in [6, 6.07) is 8.33. The van der Waals surface area contributed by atoms with Gasteiger partial charge in [-0.1, -0.05) is 26.5 Å². The van der Waals surface area contributed by atoms with E-state index in [-0.39, 0.29) is 23.1 Å². The number of phenolic OH excluding ortho intramolecular Hbond substituents is 1. The Morgan fingerprint density at radius 2 is 1.95 bits per heavy atom. The summed E-state index contributed by atoms with van der Waals surface area (Å²) in [6.45, 7) is 14.4. The molecule has 2 aromatic carbocycles. The van der Waals surface area contributed by atoms with Gasteiger partial charge in [-0.15, -0.1) is 0 Å². The Hall–Kier alpha value is -4.44. The number of fused-ring (bicyclic) bond motifs is 2. The molecule has 2 aliphatic rings. The highest BCUT2D eigenvalue weighted by Crippen LogP contribution is 2.55. The Labute approximate surface area is 250 Å². The molecule has 0 radical (unpaired) electrons. The number of likely N-dealkylation sites (tertiary alicyclic amines) is 1. The van der Waals surface area contributed by atoms with Crippen molar-refractivity contribution < 1.29 is 14.6 Å². The van der Waals surface area contributed by atoms with Gasteiger partial charge in [-0.3, -0.25) is 19.3 Å². The quantitative estimate of drug-likeness (QED) is 0.235. The van der Waals surface area contributed by atoms with Gasteiger partial charge >= 0.3 is 0 Å². The maximum Gasteiger partial charge on any atom is 0.245 e. The van der Waals surface area contributed by atoms with Crippen molar-refractivity contribution in [3.05, 3.63) is 60.6 Å². The van der Waals surface area contributed by atoms with E-state index in [1.807, 2.05) is 48.7 Å². The van der Waals surface area contributed by atoms with Gasteiger partial charge in [0.2, 0.25) is 5.91 Å². The summed E-state index contributed by atoms with van der Waals surface area (Å²) in [5, 5.41) is 30.6. The second-order valence-electron chi connectivity index (χ2n) is 11.6. The first-order valence-corrected chi connectivity index (χ1v) is 14.9. The summed E-state index contributed by atoms with van der Waals surface area (Å²) < 4.78 is 9.26. The van der Waals surface area contributed by atoms with Crippen LogP contribution in [0, 0.1) is 19.3 Å². The van der Waals surface area contributed by atoms with Gasteiger partial charge in [0.05, 0.1) is 36.4 Å². The van der Waals surface area contributed by atoms with Crippen LogP contribution in [0.3, 0.4) is 0 Å². The third-order valence-electron chi connectivity index (χ3n) is 8.88. The van der Waals surface area contributed by atoms with Gasteiger partial charge in [-0.25, -0.2) is 0 Å². The van der Waals surface area contributed by atoms with E-state index < -0.39 is 0 Å². The lowest BCUT2D eigenvalue weighted by atomic mass is 9.60. The zero-order chi connectivity index (χ0) is 30.5. The highest BCUT2D eigenvalue weighted by Gasteiger charge is 2.54. The van der Waals surface area contributed by atoms with Crippen LogP contribution in [0.2, 0.25) is 0 Å². The normalized spacial score (nSPS) is 15.8. The monoisotopic (exact) mass is 581 g/mol. The van der Waals surface area contributed by atoms with Crippen LogP contribution >= 0.6 is 0 Å². The van der Waals surface area contributed by atoms with Gasteiger partial charge in [-0.2, -0.15) is 15.3 Å². The van der Waals surface area contributed by atoms with Crippen molar-refractivity contribution in [3.63, 3.8) is 0 Å².